The van der Waals surface area contributed by atoms with Crippen LogP contribution in [0.2, 0.25) is 0 Å². The molecule has 0 aromatic carbocycles. The zero-order chi connectivity index (χ0) is 13.7. The smallest absolute Gasteiger partial charge is 0.251 e. The van der Waals surface area contributed by atoms with Gasteiger partial charge in [-0.25, -0.2) is 0 Å². The average Bonchev–Trinajstić information content (AvgIpc) is 3.14. The summed E-state index contributed by atoms with van der Waals surface area (Å²) in [6, 6.07) is 9.14. The highest BCUT2D eigenvalue weighted by Crippen LogP contribution is 2.28. The Labute approximate surface area is 125 Å². The van der Waals surface area contributed by atoms with Gasteiger partial charge in [-0.05, 0) is 59.5 Å². The van der Waals surface area contributed by atoms with E-state index in [1.807, 2.05) is 34.9 Å². The van der Waals surface area contributed by atoms with Crippen LogP contribution in [0.25, 0.3) is 5.52 Å². The Morgan fingerprint density at radius 2 is 2.25 bits per heavy atom. The largest absolute Gasteiger partial charge is 0.348 e. The number of carbonyl (C=O) groups excluding carboxylic acids is 1. The SMILES string of the molecule is O=C(NC1CC2CCC1N2)c1ccn2c(Br)ccc2c1. The van der Waals surface area contributed by atoms with Gasteiger partial charge in [-0.2, -0.15) is 0 Å². The molecule has 3 unspecified atom stereocenters. The monoisotopic (exact) mass is 333 g/mol. The number of halogens is 1. The van der Waals surface area contributed by atoms with Crippen molar-refractivity contribution >= 4 is 27.4 Å². The lowest BCUT2D eigenvalue weighted by Gasteiger charge is -2.21. The van der Waals surface area contributed by atoms with Crippen LogP contribution in [0, 0.1) is 0 Å². The number of aromatic nitrogens is 1. The van der Waals surface area contributed by atoms with Crippen molar-refractivity contribution in [3.8, 4) is 0 Å². The summed E-state index contributed by atoms with van der Waals surface area (Å²) in [6.45, 7) is 0. The number of pyridine rings is 1. The van der Waals surface area contributed by atoms with Crippen LogP contribution in [-0.2, 0) is 0 Å². The molecule has 104 valence electrons. The second kappa shape index (κ2) is 4.60. The van der Waals surface area contributed by atoms with Crippen LogP contribution >= 0.6 is 15.9 Å². The maximum atomic E-state index is 12.4. The van der Waals surface area contributed by atoms with Crippen molar-refractivity contribution in [3.05, 3.63) is 40.6 Å². The van der Waals surface area contributed by atoms with E-state index in [2.05, 4.69) is 26.6 Å². The number of hydrogen-bond donors (Lipinski definition) is 2. The maximum Gasteiger partial charge on any atom is 0.251 e. The summed E-state index contributed by atoms with van der Waals surface area (Å²) in [4.78, 5) is 12.4. The molecule has 5 heteroatoms. The second-order valence-electron chi connectivity index (χ2n) is 5.73. The van der Waals surface area contributed by atoms with E-state index < -0.39 is 0 Å². The van der Waals surface area contributed by atoms with Crippen LogP contribution in [0.4, 0.5) is 0 Å². The summed E-state index contributed by atoms with van der Waals surface area (Å²) in [5, 5.41) is 6.72. The van der Waals surface area contributed by atoms with Crippen molar-refractivity contribution in [3.63, 3.8) is 0 Å². The first-order chi connectivity index (χ1) is 9.70. The number of carbonyl (C=O) groups is 1. The molecule has 4 heterocycles. The molecule has 4 nitrogen and oxygen atoms in total. The van der Waals surface area contributed by atoms with Crippen molar-refractivity contribution in [2.24, 2.45) is 0 Å². The summed E-state index contributed by atoms with van der Waals surface area (Å²) >= 11 is 3.48. The molecule has 0 spiro atoms. The van der Waals surface area contributed by atoms with Gasteiger partial charge in [-0.3, -0.25) is 4.79 Å². The summed E-state index contributed by atoms with van der Waals surface area (Å²) in [7, 11) is 0. The fourth-order valence-corrected chi connectivity index (χ4v) is 3.91. The molecule has 0 radical (unpaired) electrons. The van der Waals surface area contributed by atoms with Crippen molar-refractivity contribution < 1.29 is 4.79 Å². The molecule has 2 N–H and O–H groups in total. The molecule has 2 saturated heterocycles. The normalized spacial score (nSPS) is 28.1. The molecule has 2 aromatic heterocycles. The van der Waals surface area contributed by atoms with E-state index in [9.17, 15) is 4.79 Å². The van der Waals surface area contributed by atoms with E-state index in [0.29, 0.717) is 12.1 Å². The molecule has 20 heavy (non-hydrogen) atoms. The van der Waals surface area contributed by atoms with Crippen molar-refractivity contribution in [2.75, 3.05) is 0 Å². The van der Waals surface area contributed by atoms with Gasteiger partial charge in [0, 0.05) is 35.4 Å². The van der Waals surface area contributed by atoms with Gasteiger partial charge in [0.2, 0.25) is 0 Å². The highest BCUT2D eigenvalue weighted by Gasteiger charge is 2.39. The van der Waals surface area contributed by atoms with Crippen LogP contribution < -0.4 is 10.6 Å². The zero-order valence-corrected chi connectivity index (χ0v) is 12.6. The number of rotatable bonds is 2. The molecule has 2 fully saturated rings. The predicted octanol–water partition coefficient (Wildman–Crippen LogP) is 2.32. The maximum absolute atomic E-state index is 12.4. The quantitative estimate of drug-likeness (QED) is 0.885. The van der Waals surface area contributed by atoms with E-state index in [0.717, 1.165) is 22.1 Å². The van der Waals surface area contributed by atoms with Crippen LogP contribution in [-0.4, -0.2) is 28.4 Å². The Morgan fingerprint density at radius 3 is 3.00 bits per heavy atom. The van der Waals surface area contributed by atoms with Crippen LogP contribution in [0.1, 0.15) is 29.6 Å². The Morgan fingerprint density at radius 1 is 1.35 bits per heavy atom. The Hall–Kier alpha value is -1.33. The minimum atomic E-state index is 0.0316. The molecule has 2 aliphatic rings. The van der Waals surface area contributed by atoms with Gasteiger partial charge in [0.25, 0.3) is 5.91 Å². The lowest BCUT2D eigenvalue weighted by atomic mass is 9.95. The lowest BCUT2D eigenvalue weighted by Crippen LogP contribution is -2.42. The molecule has 4 rings (SSSR count). The standard InChI is InChI=1S/C15H16BrN3O/c16-14-4-2-11-7-9(5-6-19(11)14)15(20)18-13-8-10-1-3-12(13)17-10/h2,4-7,10,12-13,17H,1,3,8H2,(H,18,20). The van der Waals surface area contributed by atoms with E-state index in [1.54, 1.807) is 0 Å². The lowest BCUT2D eigenvalue weighted by molar-refractivity contribution is 0.0931. The van der Waals surface area contributed by atoms with Crippen LogP contribution in [0.5, 0.6) is 0 Å². The highest BCUT2D eigenvalue weighted by atomic mass is 79.9. The first-order valence-electron chi connectivity index (χ1n) is 7.04. The molecule has 3 atom stereocenters. The fourth-order valence-electron chi connectivity index (χ4n) is 3.45. The molecular weight excluding hydrogens is 318 g/mol. The predicted molar refractivity (Wildman–Crippen MR) is 80.9 cm³/mol. The van der Waals surface area contributed by atoms with E-state index in [-0.39, 0.29) is 11.9 Å². The molecule has 0 aliphatic carbocycles. The van der Waals surface area contributed by atoms with Gasteiger partial charge in [0.15, 0.2) is 0 Å². The Balaban J connectivity index is 1.54. The fraction of sp³-hybridized carbons (Fsp3) is 0.400. The molecule has 2 aliphatic heterocycles. The number of nitrogens with zero attached hydrogens (tertiary/aromatic N) is 1. The van der Waals surface area contributed by atoms with Crippen LogP contribution in [0.3, 0.4) is 0 Å². The minimum Gasteiger partial charge on any atom is -0.348 e. The van der Waals surface area contributed by atoms with Crippen LogP contribution in [0.15, 0.2) is 35.1 Å². The molecular formula is C15H16BrN3O. The van der Waals surface area contributed by atoms with E-state index >= 15 is 0 Å². The van der Waals surface area contributed by atoms with Gasteiger partial charge in [-0.15, -0.1) is 0 Å². The summed E-state index contributed by atoms with van der Waals surface area (Å²) < 4.78 is 3.01. The third-order valence-electron chi connectivity index (χ3n) is 4.49. The van der Waals surface area contributed by atoms with Gasteiger partial charge in [-0.1, -0.05) is 0 Å². The second-order valence-corrected chi connectivity index (χ2v) is 6.54. The molecule has 2 aromatic rings. The summed E-state index contributed by atoms with van der Waals surface area (Å²) in [6.07, 6.45) is 5.42. The summed E-state index contributed by atoms with van der Waals surface area (Å²) in [5.74, 6) is 0.0316. The van der Waals surface area contributed by atoms with Crippen molar-refractivity contribution in [2.45, 2.75) is 37.4 Å². The first-order valence-corrected chi connectivity index (χ1v) is 7.83. The van der Waals surface area contributed by atoms with E-state index in [4.69, 9.17) is 0 Å². The molecule has 2 bridgehead atoms. The molecule has 1 amide bonds. The number of amides is 1. The Bertz CT molecular complexity index is 681. The number of fused-ring (bicyclic) bond motifs is 3. The number of nitrogens with one attached hydrogen (secondary N) is 2. The average molecular weight is 334 g/mol. The third-order valence-corrected chi connectivity index (χ3v) is 5.13. The van der Waals surface area contributed by atoms with E-state index in [1.165, 1.54) is 12.8 Å². The number of hydrogen-bond acceptors (Lipinski definition) is 2. The summed E-state index contributed by atoms with van der Waals surface area (Å²) in [5.41, 5.74) is 1.75. The highest BCUT2D eigenvalue weighted by molar-refractivity contribution is 9.10. The third kappa shape index (κ3) is 1.96. The minimum absolute atomic E-state index is 0.0316. The van der Waals surface area contributed by atoms with Gasteiger partial charge < -0.3 is 15.0 Å². The Kier molecular flexibility index (Phi) is 2.86. The first kappa shape index (κ1) is 12.4. The van der Waals surface area contributed by atoms with Gasteiger partial charge in [0.05, 0.1) is 4.60 Å². The topological polar surface area (TPSA) is 45.5 Å². The van der Waals surface area contributed by atoms with Gasteiger partial charge in [0.1, 0.15) is 0 Å². The molecule has 0 saturated carbocycles. The van der Waals surface area contributed by atoms with Crippen molar-refractivity contribution in [1.82, 2.24) is 15.0 Å². The van der Waals surface area contributed by atoms with Crippen molar-refractivity contribution in [1.29, 1.82) is 0 Å². The zero-order valence-electron chi connectivity index (χ0n) is 11.0. The van der Waals surface area contributed by atoms with Gasteiger partial charge >= 0.3 is 0 Å².